The lowest BCUT2D eigenvalue weighted by Gasteiger charge is -2.09. The smallest absolute Gasteiger partial charge is 0.286 e. The molecule has 0 spiro atoms. The van der Waals surface area contributed by atoms with Crippen molar-refractivity contribution in [3.05, 3.63) is 41.1 Å². The first-order chi connectivity index (χ1) is 18.8. The zero-order valence-electron chi connectivity index (χ0n) is 22.1. The van der Waals surface area contributed by atoms with Gasteiger partial charge in [0.2, 0.25) is 0 Å². The van der Waals surface area contributed by atoms with E-state index in [4.69, 9.17) is 57.6 Å². The van der Waals surface area contributed by atoms with Gasteiger partial charge in [-0.25, -0.2) is 0 Å². The van der Waals surface area contributed by atoms with E-state index in [1.807, 2.05) is 18.2 Å². The minimum Gasteiger partial charge on any atom is -0.449 e. The SMILES string of the molecule is CC(=Cc1ccccc1)[SiH2]O[SiH2]O[SiH2]O[SiH2]O[SiH2]O[SiH2]O[SiH2]O[SiH2]O[SiH2]O[SiH2]O[SiH2]O[SiH2]O[SiH2]O[SiH2]O[SiH3]. The summed E-state index contributed by atoms with van der Waals surface area (Å²) in [7, 11) is -12.5. The molecule has 220 valence electrons. The van der Waals surface area contributed by atoms with Crippen LogP contribution in [0.15, 0.2) is 35.5 Å². The lowest BCUT2D eigenvalue weighted by Crippen LogP contribution is -2.22. The fourth-order valence-electron chi connectivity index (χ4n) is 2.28. The van der Waals surface area contributed by atoms with E-state index in [-0.39, 0.29) is 0 Å². The molecule has 0 aromatic heterocycles. The number of hydrogen-bond donors (Lipinski definition) is 0. The summed E-state index contributed by atoms with van der Waals surface area (Å²) >= 11 is 0. The maximum Gasteiger partial charge on any atom is 0.286 e. The van der Waals surface area contributed by atoms with Gasteiger partial charge in [-0.05, 0) is 12.5 Å². The second kappa shape index (κ2) is 31.6. The van der Waals surface area contributed by atoms with Gasteiger partial charge in [0.25, 0.3) is 130 Å². The molecule has 1 aromatic rings. The Balaban J connectivity index is 1.68. The Labute approximate surface area is 260 Å². The highest BCUT2D eigenvalue weighted by atomic mass is 28.4. The van der Waals surface area contributed by atoms with Crippen LogP contribution in [0.4, 0.5) is 0 Å². The van der Waals surface area contributed by atoms with E-state index in [2.05, 4.69) is 25.1 Å². The average molecular weight is 794 g/mol. The van der Waals surface area contributed by atoms with Crippen molar-refractivity contribution in [2.24, 2.45) is 0 Å². The molecule has 0 aliphatic heterocycles. The molecule has 14 nitrogen and oxygen atoms in total. The first-order valence-corrected chi connectivity index (χ1v) is 28.7. The molecule has 0 fully saturated rings. The third-order valence-corrected chi connectivity index (χ3v) is 22.8. The van der Waals surface area contributed by atoms with E-state index in [1.54, 1.807) is 0 Å². The zero-order valence-corrected chi connectivity index (χ0v) is 43.9. The Morgan fingerprint density at radius 2 is 0.816 bits per heavy atom. The maximum absolute atomic E-state index is 5.78. The van der Waals surface area contributed by atoms with E-state index in [9.17, 15) is 0 Å². The largest absolute Gasteiger partial charge is 0.449 e. The normalized spacial score (nSPS) is 16.4. The Morgan fingerprint density at radius 3 is 1.16 bits per heavy atom. The van der Waals surface area contributed by atoms with Gasteiger partial charge in [-0.15, -0.1) is 0 Å². The molecule has 0 bridgehead atoms. The van der Waals surface area contributed by atoms with Crippen LogP contribution in [0.25, 0.3) is 6.08 Å². The van der Waals surface area contributed by atoms with Gasteiger partial charge >= 0.3 is 0 Å². The molecule has 0 aliphatic rings. The molecule has 0 amide bonds. The van der Waals surface area contributed by atoms with Crippen molar-refractivity contribution in [2.45, 2.75) is 6.92 Å². The first-order valence-electron chi connectivity index (χ1n) is 11.5. The van der Waals surface area contributed by atoms with Crippen LogP contribution in [0.5, 0.6) is 0 Å². The van der Waals surface area contributed by atoms with Crippen molar-refractivity contribution in [3.8, 4) is 0 Å². The maximum atomic E-state index is 5.78. The molecule has 1 aromatic carbocycles. The molecule has 0 unspecified atom stereocenters. The highest BCUT2D eigenvalue weighted by molar-refractivity contribution is 6.52. The summed E-state index contributed by atoms with van der Waals surface area (Å²) < 4.78 is 76.4. The van der Waals surface area contributed by atoms with Gasteiger partial charge in [0.1, 0.15) is 10.5 Å². The molecule has 38 heavy (non-hydrogen) atoms. The highest BCUT2D eigenvalue weighted by Gasteiger charge is 1.99. The van der Waals surface area contributed by atoms with Crippen LogP contribution in [0.3, 0.4) is 0 Å². The number of rotatable bonds is 29. The van der Waals surface area contributed by atoms with Crippen LogP contribution in [-0.2, 0) is 57.6 Å². The third kappa shape index (κ3) is 27.8. The summed E-state index contributed by atoms with van der Waals surface area (Å²) in [5, 5.41) is 1.31. The molecular weight excluding hydrogens is 753 g/mol. The zero-order chi connectivity index (χ0) is 27.2. The number of hydrogen-bond acceptors (Lipinski definition) is 14. The predicted molar refractivity (Wildman–Crippen MR) is 185 cm³/mol. The molecule has 0 atom stereocenters. The van der Waals surface area contributed by atoms with E-state index in [1.165, 1.54) is 10.8 Å². The molecule has 1 rings (SSSR count). The van der Waals surface area contributed by atoms with Crippen molar-refractivity contribution in [3.63, 3.8) is 0 Å². The topological polar surface area (TPSA) is 129 Å². The third-order valence-electron chi connectivity index (χ3n) is 3.74. The van der Waals surface area contributed by atoms with E-state index >= 15 is 0 Å². The summed E-state index contributed by atoms with van der Waals surface area (Å²) in [6.07, 6.45) is 2.18. The molecule has 0 saturated heterocycles. The van der Waals surface area contributed by atoms with E-state index in [0.717, 1.165) is 10.5 Å². The second-order valence-electron chi connectivity index (χ2n) is 7.02. The Bertz CT molecular complexity index is 657. The van der Waals surface area contributed by atoms with Crippen LogP contribution in [0.1, 0.15) is 12.5 Å². The molecule has 0 radical (unpaired) electrons. The van der Waals surface area contributed by atoms with Gasteiger partial charge < -0.3 is 57.6 Å². The molecule has 0 N–H and O–H groups in total. The fraction of sp³-hybridized carbons (Fsp3) is 0.111. The molecular formula is C9H40O14Si15. The fourth-order valence-corrected chi connectivity index (χ4v) is 28.0. The van der Waals surface area contributed by atoms with Gasteiger partial charge in [0, 0.05) is 0 Å². The average Bonchev–Trinajstić information content (AvgIpc) is 2.93. The van der Waals surface area contributed by atoms with Crippen LogP contribution >= 0.6 is 0 Å². The summed E-state index contributed by atoms with van der Waals surface area (Å²) in [6, 6.07) is 10.3. The van der Waals surface area contributed by atoms with Crippen molar-refractivity contribution in [1.82, 2.24) is 0 Å². The quantitative estimate of drug-likeness (QED) is 0.0563. The molecule has 0 saturated carbocycles. The summed E-state index contributed by atoms with van der Waals surface area (Å²) in [5.74, 6) is 0. The summed E-state index contributed by atoms with van der Waals surface area (Å²) in [5.41, 5.74) is 1.21. The molecule has 29 heteroatoms. The van der Waals surface area contributed by atoms with Crippen molar-refractivity contribution in [1.29, 1.82) is 0 Å². The van der Waals surface area contributed by atoms with Crippen molar-refractivity contribution >= 4 is 156 Å². The summed E-state index contributed by atoms with van der Waals surface area (Å²) in [6.45, 7) is 2.12. The minimum absolute atomic E-state index is 0.688. The lowest BCUT2D eigenvalue weighted by molar-refractivity contribution is 0.357. The van der Waals surface area contributed by atoms with E-state index < -0.39 is 140 Å². The predicted octanol–water partition coefficient (Wildman–Crippen LogP) is -12.4. The monoisotopic (exact) mass is 792 g/mol. The van der Waals surface area contributed by atoms with Crippen molar-refractivity contribution in [2.75, 3.05) is 0 Å². The summed E-state index contributed by atoms with van der Waals surface area (Å²) in [4.78, 5) is 0. The van der Waals surface area contributed by atoms with Crippen LogP contribution in [0.2, 0.25) is 0 Å². The minimum atomic E-state index is -1.02. The van der Waals surface area contributed by atoms with Crippen LogP contribution in [0, 0.1) is 0 Å². The van der Waals surface area contributed by atoms with Gasteiger partial charge in [-0.2, -0.15) is 0 Å². The standard InChI is InChI=1S/C9H40O14Si15/c1-8(7-9-5-3-2-4-6-9)25-11-27-13-29-15-31-17-33-19-35-21-37-23-38-22-36-20-34-18-32-16-30-14-28-12-26-10-24/h2-7H,25-38H2,1,24H3. The van der Waals surface area contributed by atoms with Gasteiger partial charge in [0.15, 0.2) is 9.76 Å². The highest BCUT2D eigenvalue weighted by Crippen LogP contribution is 2.04. The lowest BCUT2D eigenvalue weighted by atomic mass is 10.2. The van der Waals surface area contributed by atoms with Crippen molar-refractivity contribution < 1.29 is 57.6 Å². The first kappa shape index (κ1) is 37.7. The Morgan fingerprint density at radius 1 is 0.500 bits per heavy atom. The van der Waals surface area contributed by atoms with Crippen LogP contribution < -0.4 is 0 Å². The van der Waals surface area contributed by atoms with Gasteiger partial charge in [0.05, 0.1) is 0 Å². The van der Waals surface area contributed by atoms with Gasteiger partial charge in [-0.1, -0.05) is 41.6 Å². The Hall–Kier alpha value is 1.65. The Kier molecular flexibility index (Phi) is 31.3. The molecule has 0 aliphatic carbocycles. The molecule has 0 heterocycles. The number of allylic oxidation sites excluding steroid dienone is 1. The van der Waals surface area contributed by atoms with Gasteiger partial charge in [-0.3, -0.25) is 0 Å². The number of benzene rings is 1. The second-order valence-corrected chi connectivity index (χ2v) is 35.0. The van der Waals surface area contributed by atoms with Crippen LogP contribution in [-0.4, -0.2) is 150 Å². The van der Waals surface area contributed by atoms with E-state index in [0.29, 0.717) is 0 Å².